The highest BCUT2D eigenvalue weighted by Gasteiger charge is 2.44. The molecule has 3 heterocycles. The Hall–Kier alpha value is -5.26. The number of nitrogens with one attached hydrogen (secondary N) is 2. The fourth-order valence-corrected chi connectivity index (χ4v) is 5.09. The van der Waals surface area contributed by atoms with Crippen molar-refractivity contribution in [2.24, 2.45) is 16.6 Å². The molecule has 12 heteroatoms. The number of imide groups is 2. The molecule has 12 nitrogen and oxygen atoms in total. The number of hydrogen-bond donors (Lipinski definition) is 3. The number of hydrogen-bond acceptors (Lipinski definition) is 9. The molecule has 1 atom stereocenters. The number of benzene rings is 2. The summed E-state index contributed by atoms with van der Waals surface area (Å²) in [6.45, 7) is -0.0569. The Balaban J connectivity index is 1.10. The lowest BCUT2D eigenvalue weighted by Crippen LogP contribution is -2.54. The van der Waals surface area contributed by atoms with Crippen LogP contribution in [0.3, 0.4) is 0 Å². The molecule has 2 aromatic carbocycles. The number of aliphatic imine (C=N–C) groups is 1. The standard InChI is InChI=1S/C30H27N7O5/c31-27(17-6-7-17)20(23-14-33-21-3-1-2-4-22(21)35-23)13-32-15-26(39)34-12-16-5-8-18-19(11-16)30(42)37(29(18)41)24-9-10-25(38)36-28(24)40/h1-5,8,11,13-14,17,24H,6-7,9-10,12,15,31H2,(H,34,39)(H,36,38,40). The first-order valence-electron chi connectivity index (χ1n) is 13.6. The number of carbonyl (C=O) groups excluding carboxylic acids is 5. The first kappa shape index (κ1) is 26.9. The molecule has 212 valence electrons. The van der Waals surface area contributed by atoms with Gasteiger partial charge < -0.3 is 11.1 Å². The third-order valence-electron chi connectivity index (χ3n) is 7.50. The number of piperidine rings is 1. The minimum atomic E-state index is -1.04. The quantitative estimate of drug-likeness (QED) is 0.272. The van der Waals surface area contributed by atoms with E-state index in [1.165, 1.54) is 12.1 Å². The summed E-state index contributed by atoms with van der Waals surface area (Å²) in [5, 5.41) is 4.94. The zero-order valence-electron chi connectivity index (χ0n) is 22.5. The van der Waals surface area contributed by atoms with Gasteiger partial charge in [-0.3, -0.25) is 44.2 Å². The molecule has 0 radical (unpaired) electrons. The van der Waals surface area contributed by atoms with E-state index in [0.717, 1.165) is 28.8 Å². The summed E-state index contributed by atoms with van der Waals surface area (Å²) >= 11 is 0. The van der Waals surface area contributed by atoms with Crippen LogP contribution in [0.15, 0.2) is 59.4 Å². The monoisotopic (exact) mass is 565 g/mol. The van der Waals surface area contributed by atoms with Crippen LogP contribution >= 0.6 is 0 Å². The van der Waals surface area contributed by atoms with Gasteiger partial charge in [0.1, 0.15) is 12.6 Å². The van der Waals surface area contributed by atoms with Gasteiger partial charge >= 0.3 is 0 Å². The predicted octanol–water partition coefficient (Wildman–Crippen LogP) is 1.50. The first-order chi connectivity index (χ1) is 20.3. The zero-order chi connectivity index (χ0) is 29.4. The van der Waals surface area contributed by atoms with Gasteiger partial charge in [-0.05, 0) is 55.0 Å². The number of aromatic nitrogens is 2. The third-order valence-corrected chi connectivity index (χ3v) is 7.50. The molecule has 1 aliphatic carbocycles. The Morgan fingerprint density at radius 3 is 2.57 bits per heavy atom. The van der Waals surface area contributed by atoms with Crippen molar-refractivity contribution in [1.82, 2.24) is 25.5 Å². The molecule has 6 rings (SSSR count). The second kappa shape index (κ2) is 11.0. The average Bonchev–Trinajstić information content (AvgIpc) is 3.81. The maximum absolute atomic E-state index is 13.0. The Kier molecular flexibility index (Phi) is 7.03. The summed E-state index contributed by atoms with van der Waals surface area (Å²) < 4.78 is 0. The van der Waals surface area contributed by atoms with Crippen molar-refractivity contribution in [2.75, 3.05) is 6.54 Å². The lowest BCUT2D eigenvalue weighted by Gasteiger charge is -2.27. The summed E-state index contributed by atoms with van der Waals surface area (Å²) in [5.74, 6) is -2.39. The van der Waals surface area contributed by atoms with E-state index >= 15 is 0 Å². The molecular formula is C30H27N7O5. The van der Waals surface area contributed by atoms with Crippen molar-refractivity contribution >= 4 is 52.4 Å². The third kappa shape index (κ3) is 5.26. The minimum absolute atomic E-state index is 0.0453. The summed E-state index contributed by atoms with van der Waals surface area (Å²) in [6.07, 6.45) is 5.32. The molecule has 2 fully saturated rings. The van der Waals surface area contributed by atoms with Crippen molar-refractivity contribution in [3.63, 3.8) is 0 Å². The Morgan fingerprint density at radius 1 is 1.05 bits per heavy atom. The van der Waals surface area contributed by atoms with Crippen molar-refractivity contribution in [1.29, 1.82) is 0 Å². The van der Waals surface area contributed by atoms with E-state index in [4.69, 9.17) is 5.73 Å². The smallest absolute Gasteiger partial charge is 0.262 e. The zero-order valence-corrected chi connectivity index (χ0v) is 22.5. The minimum Gasteiger partial charge on any atom is -0.401 e. The van der Waals surface area contributed by atoms with Gasteiger partial charge in [0.25, 0.3) is 11.8 Å². The fourth-order valence-electron chi connectivity index (χ4n) is 5.09. The predicted molar refractivity (Wildman–Crippen MR) is 152 cm³/mol. The number of nitrogens with zero attached hydrogens (tertiary/aromatic N) is 4. The van der Waals surface area contributed by atoms with Crippen molar-refractivity contribution in [3.8, 4) is 0 Å². The van der Waals surface area contributed by atoms with E-state index in [0.29, 0.717) is 22.5 Å². The second-order valence-corrected chi connectivity index (χ2v) is 10.5. The van der Waals surface area contributed by atoms with Gasteiger partial charge in [0.2, 0.25) is 17.7 Å². The average molecular weight is 566 g/mol. The molecule has 3 aliphatic rings. The van der Waals surface area contributed by atoms with Crippen LogP contribution in [0.2, 0.25) is 0 Å². The van der Waals surface area contributed by atoms with E-state index in [9.17, 15) is 24.0 Å². The van der Waals surface area contributed by atoms with Gasteiger partial charge in [-0.15, -0.1) is 0 Å². The second-order valence-electron chi connectivity index (χ2n) is 10.5. The molecule has 1 unspecified atom stereocenters. The van der Waals surface area contributed by atoms with E-state index < -0.39 is 29.7 Å². The van der Waals surface area contributed by atoms with Crippen molar-refractivity contribution < 1.29 is 24.0 Å². The number of rotatable bonds is 8. The Morgan fingerprint density at radius 2 is 1.81 bits per heavy atom. The molecular weight excluding hydrogens is 538 g/mol. The van der Waals surface area contributed by atoms with Crippen LogP contribution in [0.25, 0.3) is 16.6 Å². The van der Waals surface area contributed by atoms with Crippen molar-refractivity contribution in [3.05, 3.63) is 76.7 Å². The van der Waals surface area contributed by atoms with Crippen LogP contribution in [0.5, 0.6) is 0 Å². The van der Waals surface area contributed by atoms with Crippen LogP contribution in [0.4, 0.5) is 0 Å². The highest BCUT2D eigenvalue weighted by atomic mass is 16.2. The number of amides is 5. The fraction of sp³-hybridized carbons (Fsp3) is 0.267. The van der Waals surface area contributed by atoms with Gasteiger partial charge in [0.15, 0.2) is 0 Å². The summed E-state index contributed by atoms with van der Waals surface area (Å²) in [7, 11) is 0. The van der Waals surface area contributed by atoms with Crippen LogP contribution < -0.4 is 16.4 Å². The van der Waals surface area contributed by atoms with Gasteiger partial charge in [0, 0.05) is 30.5 Å². The molecule has 1 saturated heterocycles. The molecule has 2 aliphatic heterocycles. The molecule has 0 bridgehead atoms. The van der Waals surface area contributed by atoms with Gasteiger partial charge in [0.05, 0.1) is 34.1 Å². The number of para-hydroxylation sites is 2. The normalized spacial score (nSPS) is 19.2. The summed E-state index contributed by atoms with van der Waals surface area (Å²) in [4.78, 5) is 76.6. The number of fused-ring (bicyclic) bond motifs is 2. The highest BCUT2D eigenvalue weighted by molar-refractivity contribution is 6.23. The Bertz CT molecular complexity index is 1730. The molecule has 0 spiro atoms. The highest BCUT2D eigenvalue weighted by Crippen LogP contribution is 2.37. The maximum atomic E-state index is 13.0. The summed E-state index contributed by atoms with van der Waals surface area (Å²) in [5.41, 5.74) is 10.7. The summed E-state index contributed by atoms with van der Waals surface area (Å²) in [6, 6.07) is 11.2. The molecule has 1 aromatic heterocycles. The van der Waals surface area contributed by atoms with Gasteiger partial charge in [-0.1, -0.05) is 18.2 Å². The lowest BCUT2D eigenvalue weighted by atomic mass is 10.0. The SMILES string of the molecule is NC(=C(C=NCC(=O)NCc1ccc2c(c1)C(=O)N(C1CCC(=O)NC1=O)C2=O)c1cnc2ccccc2n1)C1CC1. The number of allylic oxidation sites excluding steroid dienone is 2. The van der Waals surface area contributed by atoms with E-state index in [1.807, 2.05) is 24.3 Å². The van der Waals surface area contributed by atoms with Gasteiger partial charge in [-0.2, -0.15) is 0 Å². The van der Waals surface area contributed by atoms with Crippen molar-refractivity contribution in [2.45, 2.75) is 38.3 Å². The molecule has 4 N–H and O–H groups in total. The van der Waals surface area contributed by atoms with E-state index in [2.05, 4.69) is 25.6 Å². The lowest BCUT2D eigenvalue weighted by molar-refractivity contribution is -0.136. The largest absolute Gasteiger partial charge is 0.401 e. The van der Waals surface area contributed by atoms with Gasteiger partial charge in [-0.25, -0.2) is 4.98 Å². The molecule has 1 saturated carbocycles. The molecule has 3 aromatic rings. The van der Waals surface area contributed by atoms with Crippen LogP contribution in [-0.2, 0) is 20.9 Å². The number of carbonyl (C=O) groups is 5. The van der Waals surface area contributed by atoms with Crippen LogP contribution in [-0.4, -0.2) is 63.2 Å². The van der Waals surface area contributed by atoms with E-state index in [1.54, 1.807) is 18.5 Å². The first-order valence-corrected chi connectivity index (χ1v) is 13.6. The number of nitrogens with two attached hydrogens (primary N) is 1. The van der Waals surface area contributed by atoms with Crippen LogP contribution in [0.1, 0.15) is 57.7 Å². The topological polar surface area (TPSA) is 177 Å². The maximum Gasteiger partial charge on any atom is 0.262 e. The molecule has 5 amide bonds. The van der Waals surface area contributed by atoms with E-state index in [-0.39, 0.29) is 48.9 Å². The molecule has 42 heavy (non-hydrogen) atoms. The van der Waals surface area contributed by atoms with Crippen LogP contribution in [0, 0.1) is 5.92 Å². The Labute approximate surface area is 240 Å².